The van der Waals surface area contributed by atoms with Gasteiger partial charge in [-0.25, -0.2) is 4.39 Å². The fraction of sp³-hybridized carbons (Fsp3) is 0.500. The lowest BCUT2D eigenvalue weighted by Crippen LogP contribution is -2.34. The highest BCUT2D eigenvalue weighted by Crippen LogP contribution is 2.34. The predicted molar refractivity (Wildman–Crippen MR) is 148 cm³/mol. The Morgan fingerprint density at radius 1 is 1.10 bits per heavy atom. The van der Waals surface area contributed by atoms with Gasteiger partial charge in [0.15, 0.2) is 11.5 Å². The number of benzene rings is 2. The zero-order valence-electron chi connectivity index (χ0n) is 22.9. The zero-order chi connectivity index (χ0) is 28.8. The van der Waals surface area contributed by atoms with Crippen molar-refractivity contribution in [1.82, 2.24) is 9.80 Å². The number of carboxylic acid groups (broad SMARTS) is 1. The second-order valence-corrected chi connectivity index (χ2v) is 11.0. The van der Waals surface area contributed by atoms with Gasteiger partial charge >= 0.3 is 5.97 Å². The molecule has 1 heterocycles. The van der Waals surface area contributed by atoms with Crippen LogP contribution in [0.5, 0.6) is 11.5 Å². The van der Waals surface area contributed by atoms with Crippen LogP contribution in [-0.4, -0.2) is 59.5 Å². The molecule has 1 aliphatic carbocycles. The Hall–Kier alpha value is -3.17. The molecular formula is C30H36ClFN2O6. The van der Waals surface area contributed by atoms with Crippen LogP contribution in [0.4, 0.5) is 4.39 Å². The summed E-state index contributed by atoms with van der Waals surface area (Å²) >= 11 is 5.93. The summed E-state index contributed by atoms with van der Waals surface area (Å²) in [6.07, 6.45) is 3.46. The molecule has 0 bridgehead atoms. The molecule has 1 unspecified atom stereocenters. The highest BCUT2D eigenvalue weighted by molar-refractivity contribution is 6.30. The number of amides is 2. The van der Waals surface area contributed by atoms with Crippen molar-refractivity contribution in [2.24, 2.45) is 11.8 Å². The van der Waals surface area contributed by atoms with E-state index in [1.54, 1.807) is 13.2 Å². The SMILES string of the molecule is COc1cc(CN(CC2CCC(C(=O)O)CC2)C(C)c2ccc(Cl)c(F)c2)ccc1OCCN1C(=O)CCC1=O. The van der Waals surface area contributed by atoms with Crippen LogP contribution < -0.4 is 9.47 Å². The monoisotopic (exact) mass is 574 g/mol. The number of hydrogen-bond acceptors (Lipinski definition) is 6. The largest absolute Gasteiger partial charge is 0.493 e. The number of aliphatic carboxylic acids is 1. The lowest BCUT2D eigenvalue weighted by atomic mass is 9.81. The molecule has 2 fully saturated rings. The van der Waals surface area contributed by atoms with E-state index in [2.05, 4.69) is 4.90 Å². The number of nitrogens with zero attached hydrogens (tertiary/aromatic N) is 2. The van der Waals surface area contributed by atoms with Gasteiger partial charge in [0.05, 0.1) is 24.6 Å². The van der Waals surface area contributed by atoms with Crippen molar-refractivity contribution in [3.63, 3.8) is 0 Å². The molecular weight excluding hydrogens is 539 g/mol. The van der Waals surface area contributed by atoms with Crippen LogP contribution in [0, 0.1) is 17.7 Å². The molecule has 2 aromatic rings. The van der Waals surface area contributed by atoms with Crippen molar-refractivity contribution >= 4 is 29.4 Å². The molecule has 40 heavy (non-hydrogen) atoms. The summed E-state index contributed by atoms with van der Waals surface area (Å²) in [7, 11) is 1.55. The highest BCUT2D eigenvalue weighted by atomic mass is 35.5. The van der Waals surface area contributed by atoms with Crippen molar-refractivity contribution in [3.05, 3.63) is 58.4 Å². The van der Waals surface area contributed by atoms with E-state index in [-0.39, 0.29) is 54.8 Å². The van der Waals surface area contributed by atoms with Gasteiger partial charge in [-0.2, -0.15) is 0 Å². The summed E-state index contributed by atoms with van der Waals surface area (Å²) in [5, 5.41) is 9.46. The average molecular weight is 575 g/mol. The van der Waals surface area contributed by atoms with Crippen molar-refractivity contribution < 1.29 is 33.4 Å². The predicted octanol–water partition coefficient (Wildman–Crippen LogP) is 5.47. The maximum Gasteiger partial charge on any atom is 0.306 e. The van der Waals surface area contributed by atoms with Gasteiger partial charge in [0.25, 0.3) is 0 Å². The summed E-state index contributed by atoms with van der Waals surface area (Å²) in [6, 6.07) is 10.4. The van der Waals surface area contributed by atoms with E-state index in [4.69, 9.17) is 21.1 Å². The normalized spacial score (nSPS) is 20.2. The summed E-state index contributed by atoms with van der Waals surface area (Å²) in [6.45, 7) is 3.67. The first kappa shape index (κ1) is 29.8. The van der Waals surface area contributed by atoms with Gasteiger partial charge in [-0.05, 0) is 73.9 Å². The number of hydrogen-bond donors (Lipinski definition) is 1. The zero-order valence-corrected chi connectivity index (χ0v) is 23.7. The van der Waals surface area contributed by atoms with Gasteiger partial charge in [-0.15, -0.1) is 0 Å². The Labute approximate surface area is 239 Å². The van der Waals surface area contributed by atoms with Crippen molar-refractivity contribution in [2.45, 2.75) is 58.0 Å². The van der Waals surface area contributed by atoms with Crippen LogP contribution >= 0.6 is 11.6 Å². The molecule has 2 amide bonds. The minimum atomic E-state index is -0.728. The molecule has 1 saturated heterocycles. The molecule has 10 heteroatoms. The number of imide groups is 1. The quantitative estimate of drug-likeness (QED) is 0.336. The number of carboxylic acids is 1. The minimum absolute atomic E-state index is 0.0771. The molecule has 0 aromatic heterocycles. The number of ether oxygens (including phenoxy) is 2. The highest BCUT2D eigenvalue weighted by Gasteiger charge is 2.30. The van der Waals surface area contributed by atoms with Crippen LogP contribution in [0.15, 0.2) is 36.4 Å². The fourth-order valence-electron chi connectivity index (χ4n) is 5.55. The number of methoxy groups -OCH3 is 1. The first-order valence-electron chi connectivity index (χ1n) is 13.7. The molecule has 1 saturated carbocycles. The Morgan fingerprint density at radius 3 is 2.42 bits per heavy atom. The molecule has 1 aliphatic heterocycles. The summed E-state index contributed by atoms with van der Waals surface area (Å²) in [4.78, 5) is 38.6. The smallest absolute Gasteiger partial charge is 0.306 e. The molecule has 2 aliphatic rings. The Morgan fingerprint density at radius 2 is 1.80 bits per heavy atom. The number of carbonyl (C=O) groups is 3. The van der Waals surface area contributed by atoms with E-state index in [1.807, 2.05) is 31.2 Å². The number of halogens is 2. The van der Waals surface area contributed by atoms with Gasteiger partial charge in [0.2, 0.25) is 11.8 Å². The van der Waals surface area contributed by atoms with Crippen LogP contribution in [-0.2, 0) is 20.9 Å². The number of likely N-dealkylation sites (tertiary alicyclic amines) is 1. The van der Waals surface area contributed by atoms with Gasteiger partial charge in [-0.3, -0.25) is 24.2 Å². The first-order valence-corrected chi connectivity index (χ1v) is 14.1. The molecule has 1 N–H and O–H groups in total. The van der Waals surface area contributed by atoms with E-state index in [9.17, 15) is 23.9 Å². The molecule has 8 nitrogen and oxygen atoms in total. The second kappa shape index (κ2) is 13.5. The lowest BCUT2D eigenvalue weighted by molar-refractivity contribution is -0.143. The van der Waals surface area contributed by atoms with Gasteiger partial charge in [0.1, 0.15) is 12.4 Å². The minimum Gasteiger partial charge on any atom is -0.493 e. The van der Waals surface area contributed by atoms with Crippen LogP contribution in [0.1, 0.15) is 62.6 Å². The third kappa shape index (κ3) is 7.31. The lowest BCUT2D eigenvalue weighted by Gasteiger charge is -2.35. The molecule has 0 radical (unpaired) electrons. The van der Waals surface area contributed by atoms with E-state index in [0.29, 0.717) is 36.8 Å². The summed E-state index contributed by atoms with van der Waals surface area (Å²) < 4.78 is 25.7. The van der Waals surface area contributed by atoms with Crippen molar-refractivity contribution in [3.8, 4) is 11.5 Å². The molecule has 4 rings (SSSR count). The Bertz CT molecular complexity index is 1220. The van der Waals surface area contributed by atoms with E-state index >= 15 is 0 Å². The Kier molecular flexibility index (Phi) is 10.0. The standard InChI is InChI=1S/C30H36ClFN2O6/c1-19(23-8-9-24(31)25(32)16-23)33(17-20-3-6-22(7-4-20)30(37)38)18-21-5-10-26(27(15-21)39-2)40-14-13-34-28(35)11-12-29(34)36/h5,8-10,15-16,19-20,22H,3-4,6-7,11-14,17-18H2,1-2H3,(H,37,38). The maximum absolute atomic E-state index is 14.3. The Balaban J connectivity index is 1.47. The summed E-state index contributed by atoms with van der Waals surface area (Å²) in [5.41, 5.74) is 1.77. The van der Waals surface area contributed by atoms with E-state index in [0.717, 1.165) is 30.5 Å². The van der Waals surface area contributed by atoms with Gasteiger partial charge in [-0.1, -0.05) is 23.7 Å². The first-order chi connectivity index (χ1) is 19.2. The van der Waals surface area contributed by atoms with Crippen molar-refractivity contribution in [2.75, 3.05) is 26.8 Å². The molecule has 2 aromatic carbocycles. The number of carbonyl (C=O) groups excluding carboxylic acids is 2. The van der Waals surface area contributed by atoms with E-state index in [1.165, 1.54) is 11.0 Å². The summed E-state index contributed by atoms with van der Waals surface area (Å²) in [5.74, 6) is -0.465. The van der Waals surface area contributed by atoms with Gasteiger partial charge < -0.3 is 14.6 Å². The van der Waals surface area contributed by atoms with Crippen LogP contribution in [0.2, 0.25) is 5.02 Å². The molecule has 216 valence electrons. The van der Waals surface area contributed by atoms with Crippen molar-refractivity contribution in [1.29, 1.82) is 0 Å². The van der Waals surface area contributed by atoms with Crippen LogP contribution in [0.25, 0.3) is 0 Å². The third-order valence-corrected chi connectivity index (χ3v) is 8.31. The van der Waals surface area contributed by atoms with E-state index < -0.39 is 11.8 Å². The topological polar surface area (TPSA) is 96.4 Å². The second-order valence-electron chi connectivity index (χ2n) is 10.6. The molecule has 0 spiro atoms. The third-order valence-electron chi connectivity index (χ3n) is 8.00. The average Bonchev–Trinajstić information content (AvgIpc) is 3.27. The number of rotatable bonds is 12. The van der Waals surface area contributed by atoms with Crippen LogP contribution in [0.3, 0.4) is 0 Å². The van der Waals surface area contributed by atoms with Gasteiger partial charge in [0, 0.05) is 32.0 Å². The molecule has 1 atom stereocenters. The fourth-order valence-corrected chi connectivity index (χ4v) is 5.67. The maximum atomic E-state index is 14.3.